The highest BCUT2D eigenvalue weighted by molar-refractivity contribution is 5.70. The fourth-order valence-corrected chi connectivity index (χ4v) is 4.03. The molecule has 0 amide bonds. The molecule has 1 aliphatic carbocycles. The molecule has 0 saturated carbocycles. The van der Waals surface area contributed by atoms with Crippen LogP contribution in [0.4, 0.5) is 0 Å². The molecule has 1 N–H and O–H groups in total. The first-order valence-electron chi connectivity index (χ1n) is 8.46. The highest BCUT2D eigenvalue weighted by Crippen LogP contribution is 2.42. The van der Waals surface area contributed by atoms with Crippen LogP contribution in [0.15, 0.2) is 48.4 Å². The van der Waals surface area contributed by atoms with Crippen molar-refractivity contribution in [1.29, 1.82) is 0 Å². The zero-order valence-corrected chi connectivity index (χ0v) is 14.0. The summed E-state index contributed by atoms with van der Waals surface area (Å²) in [6.07, 6.45) is 11.0. The largest absolute Gasteiger partial charge is 0.510 e. The van der Waals surface area contributed by atoms with Crippen molar-refractivity contribution in [3.8, 4) is 0 Å². The summed E-state index contributed by atoms with van der Waals surface area (Å²) in [6, 6.07) is 8.26. The first kappa shape index (κ1) is 15.9. The molecule has 0 bridgehead atoms. The van der Waals surface area contributed by atoms with E-state index in [1.165, 1.54) is 11.1 Å². The van der Waals surface area contributed by atoms with Gasteiger partial charge >= 0.3 is 0 Å². The predicted octanol–water partition coefficient (Wildman–Crippen LogP) is 3.94. The number of carbonyl (C=O) groups excluding carboxylic acids is 1. The van der Waals surface area contributed by atoms with Gasteiger partial charge in [0, 0.05) is 19.0 Å². The Balaban J connectivity index is 1.99. The monoisotopic (exact) mass is 311 g/mol. The lowest BCUT2D eigenvalue weighted by Gasteiger charge is -2.50. The summed E-state index contributed by atoms with van der Waals surface area (Å²) in [4.78, 5) is 14.3. The van der Waals surface area contributed by atoms with E-state index < -0.39 is 11.1 Å². The molecule has 0 fully saturated rings. The number of carbonyl (C=O) groups is 1. The molecule has 0 saturated heterocycles. The first-order valence-corrected chi connectivity index (χ1v) is 8.46. The summed E-state index contributed by atoms with van der Waals surface area (Å²) in [5.74, 6) is 0.352. The number of unbranched alkanes of at least 4 members (excludes halogenated alkanes) is 1. The van der Waals surface area contributed by atoms with Crippen LogP contribution in [-0.4, -0.2) is 27.4 Å². The average Bonchev–Trinajstić information content (AvgIpc) is 2.95. The number of hydrogen-bond acceptors (Lipinski definition) is 3. The molecule has 3 nitrogen and oxygen atoms in total. The van der Waals surface area contributed by atoms with Gasteiger partial charge in [0.05, 0.1) is 5.54 Å². The number of hydrogen-bond donors (Lipinski definition) is 1. The standard InChI is InChI=1S/C20H25NO2/c1-3-4-11-19(2)18(23)10-7-12-21(19)20(15-22)13-16-8-5-6-9-17(16)14-20/h5-10,12,15,23H,3-4,11,13-14H2,1-2H3/t19-/m1/s1. The second-order valence-electron chi connectivity index (χ2n) is 6.98. The minimum atomic E-state index is -0.606. The van der Waals surface area contributed by atoms with Crippen molar-refractivity contribution >= 4 is 6.29 Å². The molecule has 1 aromatic rings. The molecule has 3 rings (SSSR count). The van der Waals surface area contributed by atoms with Crippen molar-refractivity contribution in [1.82, 2.24) is 4.90 Å². The molecule has 0 unspecified atom stereocenters. The third-order valence-electron chi connectivity index (χ3n) is 5.40. The van der Waals surface area contributed by atoms with E-state index in [0.717, 1.165) is 25.5 Å². The van der Waals surface area contributed by atoms with Crippen LogP contribution in [-0.2, 0) is 17.6 Å². The van der Waals surface area contributed by atoms with E-state index in [4.69, 9.17) is 0 Å². The summed E-state index contributed by atoms with van der Waals surface area (Å²) < 4.78 is 0. The lowest BCUT2D eigenvalue weighted by molar-refractivity contribution is -0.120. The number of nitrogens with zero attached hydrogens (tertiary/aromatic N) is 1. The van der Waals surface area contributed by atoms with Gasteiger partial charge in [-0.05, 0) is 36.6 Å². The third-order valence-corrected chi connectivity index (χ3v) is 5.40. The van der Waals surface area contributed by atoms with E-state index >= 15 is 0 Å². The Morgan fingerprint density at radius 2 is 1.91 bits per heavy atom. The van der Waals surface area contributed by atoms with Crippen molar-refractivity contribution in [2.45, 2.75) is 57.0 Å². The first-order chi connectivity index (χ1) is 11.1. The normalized spacial score (nSPS) is 25.1. The lowest BCUT2D eigenvalue weighted by Crippen LogP contribution is -2.60. The Kier molecular flexibility index (Phi) is 4.05. The number of allylic oxidation sites excluding steroid dienone is 2. The molecular formula is C20H25NO2. The van der Waals surface area contributed by atoms with E-state index in [-0.39, 0.29) is 0 Å². The molecule has 2 aliphatic rings. The van der Waals surface area contributed by atoms with Gasteiger partial charge in [0.15, 0.2) is 0 Å². The van der Waals surface area contributed by atoms with Gasteiger partial charge in [0.2, 0.25) is 0 Å². The fourth-order valence-electron chi connectivity index (χ4n) is 4.03. The van der Waals surface area contributed by atoms with Crippen molar-refractivity contribution < 1.29 is 9.90 Å². The number of benzene rings is 1. The molecule has 3 heteroatoms. The summed E-state index contributed by atoms with van der Waals surface area (Å²) in [5.41, 5.74) is 1.35. The highest BCUT2D eigenvalue weighted by atomic mass is 16.3. The Hall–Kier alpha value is -2.03. The van der Waals surface area contributed by atoms with Crippen LogP contribution in [0.25, 0.3) is 0 Å². The van der Waals surface area contributed by atoms with Crippen molar-refractivity contribution in [2.24, 2.45) is 0 Å². The van der Waals surface area contributed by atoms with Gasteiger partial charge in [0.1, 0.15) is 17.6 Å². The molecule has 1 aliphatic heterocycles. The van der Waals surface area contributed by atoms with Crippen LogP contribution in [0, 0.1) is 0 Å². The average molecular weight is 311 g/mol. The van der Waals surface area contributed by atoms with Crippen LogP contribution in [0.2, 0.25) is 0 Å². The number of fused-ring (bicyclic) bond motifs is 1. The third kappa shape index (κ3) is 2.48. The van der Waals surface area contributed by atoms with Gasteiger partial charge in [-0.3, -0.25) is 0 Å². The second-order valence-corrected chi connectivity index (χ2v) is 6.98. The molecule has 23 heavy (non-hydrogen) atoms. The topological polar surface area (TPSA) is 40.5 Å². The van der Waals surface area contributed by atoms with E-state index in [9.17, 15) is 9.90 Å². The zero-order valence-electron chi connectivity index (χ0n) is 14.0. The highest BCUT2D eigenvalue weighted by Gasteiger charge is 2.50. The lowest BCUT2D eigenvalue weighted by atomic mass is 9.82. The van der Waals surface area contributed by atoms with Crippen LogP contribution in [0.1, 0.15) is 44.2 Å². The minimum Gasteiger partial charge on any atom is -0.510 e. The molecular weight excluding hydrogens is 286 g/mol. The Morgan fingerprint density at radius 3 is 2.48 bits per heavy atom. The van der Waals surface area contributed by atoms with Gasteiger partial charge in [-0.2, -0.15) is 0 Å². The van der Waals surface area contributed by atoms with Crippen molar-refractivity contribution in [2.75, 3.05) is 0 Å². The maximum absolute atomic E-state index is 12.2. The number of aliphatic hydroxyl groups excluding tert-OH is 1. The van der Waals surface area contributed by atoms with E-state index in [1.807, 2.05) is 31.3 Å². The summed E-state index contributed by atoms with van der Waals surface area (Å²) >= 11 is 0. The SMILES string of the molecule is CCCC[C@]1(C)C(O)=CC=CN1C1(C=O)Cc2ccccc2C1. The van der Waals surface area contributed by atoms with Gasteiger partial charge in [-0.15, -0.1) is 0 Å². The Bertz CT molecular complexity index is 636. The van der Waals surface area contributed by atoms with Gasteiger partial charge in [-0.1, -0.05) is 44.0 Å². The fraction of sp³-hybridized carbons (Fsp3) is 0.450. The number of aldehydes is 1. The molecule has 0 aromatic heterocycles. The summed E-state index contributed by atoms with van der Waals surface area (Å²) in [5, 5.41) is 10.6. The molecule has 0 spiro atoms. The Labute approximate surface area is 138 Å². The Morgan fingerprint density at radius 1 is 1.26 bits per heavy atom. The minimum absolute atomic E-state index is 0.352. The van der Waals surface area contributed by atoms with Gasteiger partial charge in [-0.25, -0.2) is 0 Å². The van der Waals surface area contributed by atoms with E-state index in [2.05, 4.69) is 24.0 Å². The molecule has 1 heterocycles. The van der Waals surface area contributed by atoms with E-state index in [0.29, 0.717) is 18.6 Å². The smallest absolute Gasteiger partial charge is 0.146 e. The van der Waals surface area contributed by atoms with Crippen LogP contribution in [0.3, 0.4) is 0 Å². The quantitative estimate of drug-likeness (QED) is 0.837. The van der Waals surface area contributed by atoms with Gasteiger partial charge < -0.3 is 14.8 Å². The molecule has 1 aromatic carbocycles. The van der Waals surface area contributed by atoms with Gasteiger partial charge in [0.25, 0.3) is 0 Å². The molecule has 1 atom stereocenters. The second kappa shape index (κ2) is 5.88. The van der Waals surface area contributed by atoms with E-state index in [1.54, 1.807) is 6.08 Å². The van der Waals surface area contributed by atoms with Crippen molar-refractivity contribution in [3.05, 3.63) is 59.5 Å². The van der Waals surface area contributed by atoms with Crippen molar-refractivity contribution in [3.63, 3.8) is 0 Å². The number of rotatable bonds is 5. The summed E-state index contributed by atoms with van der Waals surface area (Å²) in [7, 11) is 0. The molecule has 122 valence electrons. The van der Waals surface area contributed by atoms with Crippen LogP contribution in [0.5, 0.6) is 0 Å². The predicted molar refractivity (Wildman–Crippen MR) is 92.3 cm³/mol. The summed E-state index contributed by atoms with van der Waals surface area (Å²) in [6.45, 7) is 4.19. The maximum Gasteiger partial charge on any atom is 0.146 e. The van der Waals surface area contributed by atoms with Crippen LogP contribution < -0.4 is 0 Å². The zero-order chi connectivity index (χ0) is 16.5. The molecule has 0 radical (unpaired) electrons. The number of aliphatic hydroxyl groups is 1. The van der Waals surface area contributed by atoms with Crippen LogP contribution >= 0.6 is 0 Å². The maximum atomic E-state index is 12.2.